The first-order valence-electron chi connectivity index (χ1n) is 13.9. The van der Waals surface area contributed by atoms with Gasteiger partial charge in [-0.15, -0.1) is 0 Å². The van der Waals surface area contributed by atoms with Gasteiger partial charge in [0.1, 0.15) is 6.04 Å². The van der Waals surface area contributed by atoms with Gasteiger partial charge in [-0.1, -0.05) is 87.0 Å². The van der Waals surface area contributed by atoms with E-state index >= 15 is 0 Å². The lowest BCUT2D eigenvalue weighted by atomic mass is 9.97. The smallest absolute Gasteiger partial charge is 0.243 e. The van der Waals surface area contributed by atoms with Crippen molar-refractivity contribution >= 4 is 22.6 Å². The van der Waals surface area contributed by atoms with Crippen LogP contribution in [0.4, 0.5) is 0 Å². The molecule has 7 nitrogen and oxygen atoms in total. The molecule has 1 unspecified atom stereocenters. The number of aliphatic hydroxyl groups excluding tert-OH is 1. The van der Waals surface area contributed by atoms with E-state index in [4.69, 9.17) is 15.6 Å². The third kappa shape index (κ3) is 12.0. The Labute approximate surface area is 233 Å². The monoisotopic (exact) mass is 535 g/mol. The molecule has 0 saturated carbocycles. The number of carbonyl (C=O) groups excluding carboxylic acids is 2. The molecule has 0 radical (unpaired) electrons. The van der Waals surface area contributed by atoms with Crippen molar-refractivity contribution in [2.45, 2.75) is 71.7 Å². The molecule has 3 atom stereocenters. The molecule has 0 aliphatic rings. The molecule has 0 bridgehead atoms. The molecule has 0 aromatic heterocycles. The van der Waals surface area contributed by atoms with E-state index in [2.05, 4.69) is 41.0 Å². The molecule has 0 aliphatic heterocycles. The van der Waals surface area contributed by atoms with Gasteiger partial charge in [-0.2, -0.15) is 0 Å². The van der Waals surface area contributed by atoms with Crippen LogP contribution in [0.3, 0.4) is 0 Å². The Morgan fingerprint density at radius 2 is 1.62 bits per heavy atom. The highest BCUT2D eigenvalue weighted by atomic mass is 16.5. The largest absolute Gasteiger partial charge is 0.397 e. The molecule has 7 heteroatoms. The zero-order valence-electron chi connectivity index (χ0n) is 23.6. The van der Waals surface area contributed by atoms with Crippen LogP contribution in [0.2, 0.25) is 0 Å². The highest BCUT2D eigenvalue weighted by Gasteiger charge is 2.25. The Hall–Kier alpha value is -3.26. The lowest BCUT2D eigenvalue weighted by Crippen LogP contribution is -2.50. The van der Waals surface area contributed by atoms with Gasteiger partial charge >= 0.3 is 0 Å². The first-order valence-corrected chi connectivity index (χ1v) is 13.9. The van der Waals surface area contributed by atoms with Crippen LogP contribution in [-0.2, 0) is 27.5 Å². The van der Waals surface area contributed by atoms with Gasteiger partial charge in [-0.3, -0.25) is 9.59 Å². The number of amides is 2. The molecule has 212 valence electrons. The molecule has 39 heavy (non-hydrogen) atoms. The summed E-state index contributed by atoms with van der Waals surface area (Å²) in [5.41, 5.74) is 8.35. The molecule has 0 spiro atoms. The second-order valence-corrected chi connectivity index (χ2v) is 9.80. The molecule has 2 amide bonds. The summed E-state index contributed by atoms with van der Waals surface area (Å²) in [6.45, 7) is 7.32. The molecular formula is C32H45N3O4. The Morgan fingerprint density at radius 1 is 0.949 bits per heavy atom. The van der Waals surface area contributed by atoms with Gasteiger partial charge in [-0.05, 0) is 53.6 Å². The van der Waals surface area contributed by atoms with E-state index in [-0.39, 0.29) is 30.4 Å². The summed E-state index contributed by atoms with van der Waals surface area (Å²) in [6, 6.07) is 23.6. The first kappa shape index (κ1) is 32.0. The number of hydrogen-bond acceptors (Lipinski definition) is 5. The fourth-order valence-corrected chi connectivity index (χ4v) is 4.11. The van der Waals surface area contributed by atoms with Crippen LogP contribution in [0, 0.1) is 5.92 Å². The summed E-state index contributed by atoms with van der Waals surface area (Å²) in [5.74, 6) is -0.240. The molecular weight excluding hydrogens is 490 g/mol. The van der Waals surface area contributed by atoms with Gasteiger partial charge in [-0.25, -0.2) is 0 Å². The highest BCUT2D eigenvalue weighted by Crippen LogP contribution is 2.16. The molecule has 3 rings (SSSR count). The molecule has 5 N–H and O–H groups in total. The van der Waals surface area contributed by atoms with Crippen molar-refractivity contribution in [1.82, 2.24) is 10.6 Å². The van der Waals surface area contributed by atoms with Crippen molar-refractivity contribution in [3.63, 3.8) is 0 Å². The van der Waals surface area contributed by atoms with Crippen molar-refractivity contribution in [3.8, 4) is 0 Å². The van der Waals surface area contributed by atoms with E-state index in [1.54, 1.807) is 6.92 Å². The third-order valence-electron chi connectivity index (χ3n) is 6.51. The second-order valence-electron chi connectivity index (χ2n) is 9.80. The van der Waals surface area contributed by atoms with Crippen LogP contribution in [-0.4, -0.2) is 42.2 Å². The number of hydrogen-bond donors (Lipinski definition) is 4. The minimum atomic E-state index is -0.551. The Balaban J connectivity index is 0.00000170. The minimum absolute atomic E-state index is 0.0375. The quantitative estimate of drug-likeness (QED) is 0.239. The van der Waals surface area contributed by atoms with E-state index in [0.29, 0.717) is 39.0 Å². The van der Waals surface area contributed by atoms with E-state index < -0.39 is 6.04 Å². The van der Waals surface area contributed by atoms with Crippen molar-refractivity contribution in [2.75, 3.05) is 13.2 Å². The molecule has 3 aromatic rings. The maximum atomic E-state index is 12.8. The Morgan fingerprint density at radius 3 is 2.31 bits per heavy atom. The summed E-state index contributed by atoms with van der Waals surface area (Å²) < 4.78 is 5.81. The van der Waals surface area contributed by atoms with Crippen molar-refractivity contribution in [3.05, 3.63) is 83.9 Å². The lowest BCUT2D eigenvalue weighted by Gasteiger charge is -2.24. The summed E-state index contributed by atoms with van der Waals surface area (Å²) in [7, 11) is 0. The number of benzene rings is 3. The average Bonchev–Trinajstić information content (AvgIpc) is 2.95. The van der Waals surface area contributed by atoms with Crippen molar-refractivity contribution in [1.29, 1.82) is 0 Å². The Bertz CT molecular complexity index is 1120. The number of nitrogens with one attached hydrogen (secondary N) is 2. The van der Waals surface area contributed by atoms with Crippen LogP contribution in [0.1, 0.15) is 57.6 Å². The Kier molecular flexibility index (Phi) is 14.8. The SMILES string of the molecule is CCO.CC[C@H](C)C(NC(=O)CCC[C@@H](N)COCc1ccc2ccccc2c1)C(=O)NCc1ccccc1. The number of carbonyl (C=O) groups is 2. The summed E-state index contributed by atoms with van der Waals surface area (Å²) >= 11 is 0. The van der Waals surface area contributed by atoms with E-state index in [1.165, 1.54) is 10.8 Å². The molecule has 3 aromatic carbocycles. The highest BCUT2D eigenvalue weighted by molar-refractivity contribution is 5.87. The van der Waals surface area contributed by atoms with E-state index in [0.717, 1.165) is 17.5 Å². The minimum Gasteiger partial charge on any atom is -0.397 e. The summed E-state index contributed by atoms with van der Waals surface area (Å²) in [5, 5.41) is 15.9. The van der Waals surface area contributed by atoms with Crippen molar-refractivity contribution in [2.24, 2.45) is 11.7 Å². The molecule has 0 aliphatic carbocycles. The van der Waals surface area contributed by atoms with Crippen LogP contribution in [0.15, 0.2) is 72.8 Å². The number of nitrogens with two attached hydrogens (primary N) is 1. The zero-order valence-corrected chi connectivity index (χ0v) is 23.6. The molecule has 0 fully saturated rings. The van der Waals surface area contributed by atoms with E-state index in [1.807, 2.05) is 56.3 Å². The van der Waals surface area contributed by atoms with Crippen LogP contribution < -0.4 is 16.4 Å². The third-order valence-corrected chi connectivity index (χ3v) is 6.51. The predicted molar refractivity (Wildman–Crippen MR) is 158 cm³/mol. The topological polar surface area (TPSA) is 114 Å². The standard InChI is InChI=1S/C30H39N3O3.C2H6O/c1-3-22(2)29(30(35)32-19-23-10-5-4-6-11-23)33-28(34)15-9-14-27(31)21-36-20-24-16-17-25-12-7-8-13-26(25)18-24;1-2-3/h4-8,10-13,16-18,22,27,29H,3,9,14-15,19-21,31H2,1-2H3,(H,32,35)(H,33,34);3H,2H2,1H3/t22-,27+,29?;/m0./s1. The van der Waals surface area contributed by atoms with Gasteiger partial charge in [0.05, 0.1) is 13.2 Å². The van der Waals surface area contributed by atoms with Gasteiger partial charge in [0.15, 0.2) is 0 Å². The van der Waals surface area contributed by atoms with Crippen LogP contribution >= 0.6 is 0 Å². The zero-order chi connectivity index (χ0) is 28.5. The number of aliphatic hydroxyl groups is 1. The van der Waals surface area contributed by atoms with Gasteiger partial charge < -0.3 is 26.2 Å². The summed E-state index contributed by atoms with van der Waals surface area (Å²) in [6.07, 6.45) is 2.45. The van der Waals surface area contributed by atoms with E-state index in [9.17, 15) is 9.59 Å². The van der Waals surface area contributed by atoms with Crippen LogP contribution in [0.25, 0.3) is 10.8 Å². The second kappa shape index (κ2) is 18.1. The number of fused-ring (bicyclic) bond motifs is 1. The fraction of sp³-hybridized carbons (Fsp3) is 0.438. The fourth-order valence-electron chi connectivity index (χ4n) is 4.11. The number of rotatable bonds is 14. The maximum absolute atomic E-state index is 12.8. The van der Waals surface area contributed by atoms with Gasteiger partial charge in [0.2, 0.25) is 11.8 Å². The van der Waals surface area contributed by atoms with Crippen molar-refractivity contribution < 1.29 is 19.4 Å². The average molecular weight is 536 g/mol. The summed E-state index contributed by atoms with van der Waals surface area (Å²) in [4.78, 5) is 25.4. The lowest BCUT2D eigenvalue weighted by molar-refractivity contribution is -0.130. The maximum Gasteiger partial charge on any atom is 0.243 e. The normalized spacial score (nSPS) is 13.1. The first-order chi connectivity index (χ1) is 18.9. The van der Waals surface area contributed by atoms with Gasteiger partial charge in [0.25, 0.3) is 0 Å². The number of ether oxygens (including phenoxy) is 1. The molecule has 0 saturated heterocycles. The van der Waals surface area contributed by atoms with Crippen LogP contribution in [0.5, 0.6) is 0 Å². The van der Waals surface area contributed by atoms with Gasteiger partial charge in [0, 0.05) is 25.6 Å². The molecule has 0 heterocycles. The predicted octanol–water partition coefficient (Wildman–Crippen LogP) is 4.70.